The molecule has 0 aromatic heterocycles. The van der Waals surface area contributed by atoms with Gasteiger partial charge in [-0.1, -0.05) is 84.9 Å². The van der Waals surface area contributed by atoms with Crippen LogP contribution in [-0.2, 0) is 6.61 Å². The predicted octanol–water partition coefficient (Wildman–Crippen LogP) is 5.39. The van der Waals surface area contributed by atoms with Crippen molar-refractivity contribution in [2.45, 2.75) is 6.61 Å². The quantitative estimate of drug-likeness (QED) is 0.518. The van der Waals surface area contributed by atoms with Gasteiger partial charge in [-0.3, -0.25) is 0 Å². The Bertz CT molecular complexity index is 932. The first kappa shape index (κ1) is 16.7. The number of benzene rings is 4. The molecule has 0 saturated carbocycles. The van der Waals surface area contributed by atoms with Gasteiger partial charge in [0.1, 0.15) is 5.75 Å². The second kappa shape index (κ2) is 8.13. The highest BCUT2D eigenvalue weighted by molar-refractivity contribution is 5.91. The molecule has 0 fully saturated rings. The lowest BCUT2D eigenvalue weighted by molar-refractivity contribution is 0.284. The van der Waals surface area contributed by atoms with Crippen LogP contribution in [0.5, 0.6) is 5.75 Å². The second-order valence-corrected chi connectivity index (χ2v) is 5.67. The van der Waals surface area contributed by atoms with Crippen molar-refractivity contribution >= 4 is 10.8 Å². The second-order valence-electron chi connectivity index (χ2n) is 5.67. The van der Waals surface area contributed by atoms with Gasteiger partial charge in [-0.2, -0.15) is 0 Å². The number of hydrogen-bond donors (Lipinski definition) is 2. The summed E-state index contributed by atoms with van der Waals surface area (Å²) in [7, 11) is 0. The van der Waals surface area contributed by atoms with Gasteiger partial charge in [0.2, 0.25) is 0 Å². The van der Waals surface area contributed by atoms with E-state index in [2.05, 4.69) is 36.4 Å². The maximum atomic E-state index is 9.68. The van der Waals surface area contributed by atoms with Gasteiger partial charge in [0.15, 0.2) is 0 Å². The fourth-order valence-electron chi connectivity index (χ4n) is 2.82. The van der Waals surface area contributed by atoms with Gasteiger partial charge < -0.3 is 10.2 Å². The van der Waals surface area contributed by atoms with Crippen molar-refractivity contribution in [2.75, 3.05) is 0 Å². The van der Waals surface area contributed by atoms with Crippen LogP contribution in [0.15, 0.2) is 97.1 Å². The molecule has 4 aromatic rings. The number of fused-ring (bicyclic) bond motifs is 1. The monoisotopic (exact) mass is 328 g/mol. The van der Waals surface area contributed by atoms with Crippen molar-refractivity contribution in [1.29, 1.82) is 0 Å². The molecule has 2 heteroatoms. The van der Waals surface area contributed by atoms with Crippen molar-refractivity contribution < 1.29 is 10.2 Å². The smallest absolute Gasteiger partial charge is 0.115 e. The molecule has 0 atom stereocenters. The molecule has 0 saturated heterocycles. The van der Waals surface area contributed by atoms with Gasteiger partial charge in [-0.15, -0.1) is 0 Å². The zero-order valence-corrected chi connectivity index (χ0v) is 13.8. The molecule has 0 spiro atoms. The maximum Gasteiger partial charge on any atom is 0.115 e. The number of hydrogen-bond acceptors (Lipinski definition) is 2. The summed E-state index contributed by atoms with van der Waals surface area (Å²) in [6, 6.07) is 31.3. The fourth-order valence-corrected chi connectivity index (χ4v) is 2.82. The molecule has 0 unspecified atom stereocenters. The van der Waals surface area contributed by atoms with Gasteiger partial charge in [0, 0.05) is 0 Å². The number of phenolic OH excluding ortho intramolecular Hbond substituents is 1. The Kier molecular flexibility index (Phi) is 5.45. The topological polar surface area (TPSA) is 40.5 Å². The van der Waals surface area contributed by atoms with Gasteiger partial charge >= 0.3 is 0 Å². The molecule has 0 bridgehead atoms. The minimum Gasteiger partial charge on any atom is -0.508 e. The molecule has 0 aliphatic rings. The van der Waals surface area contributed by atoms with Crippen molar-refractivity contribution in [3.05, 3.63) is 103 Å². The zero-order valence-electron chi connectivity index (χ0n) is 13.8. The molecule has 0 aliphatic heterocycles. The molecular weight excluding hydrogens is 308 g/mol. The maximum absolute atomic E-state index is 9.68. The summed E-state index contributed by atoms with van der Waals surface area (Å²) in [5, 5.41) is 20.6. The first-order valence-electron chi connectivity index (χ1n) is 8.20. The normalized spacial score (nSPS) is 10.1. The first-order chi connectivity index (χ1) is 12.3. The lowest BCUT2D eigenvalue weighted by Crippen LogP contribution is -1.91. The van der Waals surface area contributed by atoms with Crippen LogP contribution in [0.25, 0.3) is 21.9 Å². The Morgan fingerprint density at radius 2 is 1.20 bits per heavy atom. The lowest BCUT2D eigenvalue weighted by atomic mass is 9.95. The zero-order chi connectivity index (χ0) is 17.5. The van der Waals surface area contributed by atoms with Crippen LogP contribution >= 0.6 is 0 Å². The predicted molar refractivity (Wildman–Crippen MR) is 103 cm³/mol. The summed E-state index contributed by atoms with van der Waals surface area (Å²) in [6.45, 7) is 0.0611. The largest absolute Gasteiger partial charge is 0.508 e. The van der Waals surface area contributed by atoms with E-state index in [1.54, 1.807) is 24.3 Å². The average molecular weight is 328 g/mol. The van der Waals surface area contributed by atoms with Crippen LogP contribution in [0.1, 0.15) is 5.56 Å². The Labute approximate surface area is 147 Å². The molecule has 4 aromatic carbocycles. The molecule has 2 nitrogen and oxygen atoms in total. The van der Waals surface area contributed by atoms with Crippen molar-refractivity contribution in [2.24, 2.45) is 0 Å². The number of rotatable bonds is 2. The van der Waals surface area contributed by atoms with Gasteiger partial charge in [-0.25, -0.2) is 0 Å². The van der Waals surface area contributed by atoms with E-state index in [1.165, 1.54) is 5.39 Å². The molecular formula is C23H20O2. The third kappa shape index (κ3) is 4.06. The summed E-state index contributed by atoms with van der Waals surface area (Å²) < 4.78 is 0. The van der Waals surface area contributed by atoms with Gasteiger partial charge in [0.25, 0.3) is 0 Å². The molecule has 4 rings (SSSR count). The van der Waals surface area contributed by atoms with Crippen LogP contribution in [0.3, 0.4) is 0 Å². The highest BCUT2D eigenvalue weighted by atomic mass is 16.3. The Morgan fingerprint density at radius 3 is 1.80 bits per heavy atom. The van der Waals surface area contributed by atoms with Crippen molar-refractivity contribution in [3.63, 3.8) is 0 Å². The first-order valence-corrected chi connectivity index (χ1v) is 8.20. The third-order valence-electron chi connectivity index (χ3n) is 4.04. The van der Waals surface area contributed by atoms with E-state index in [9.17, 15) is 5.11 Å². The summed E-state index contributed by atoms with van der Waals surface area (Å²) in [4.78, 5) is 0. The number of aliphatic hydroxyl groups excluding tert-OH is 1. The van der Waals surface area contributed by atoms with Gasteiger partial charge in [0.05, 0.1) is 6.61 Å². The standard InChI is InChI=1S/C17H14O.C6H6O/c18-12-17-15-9-5-4-8-14(15)10-11-16(17)13-6-2-1-3-7-13;7-6-4-2-1-3-5-6/h1-11,18H,12H2;1-5,7H. The fraction of sp³-hybridized carbons (Fsp3) is 0.0435. The molecule has 0 aliphatic carbocycles. The van der Waals surface area contributed by atoms with Gasteiger partial charge in [-0.05, 0) is 39.6 Å². The SMILES string of the molecule is OCc1c(-c2ccccc2)ccc2ccccc12.Oc1ccccc1. The van der Waals surface area contributed by atoms with E-state index >= 15 is 0 Å². The Balaban J connectivity index is 0.000000219. The minimum atomic E-state index is 0.0611. The van der Waals surface area contributed by atoms with Crippen LogP contribution in [0.2, 0.25) is 0 Å². The molecule has 2 N–H and O–H groups in total. The third-order valence-corrected chi connectivity index (χ3v) is 4.04. The number of aliphatic hydroxyl groups is 1. The highest BCUT2D eigenvalue weighted by Gasteiger charge is 2.07. The van der Waals surface area contributed by atoms with Crippen LogP contribution in [-0.4, -0.2) is 10.2 Å². The van der Waals surface area contributed by atoms with E-state index in [-0.39, 0.29) is 6.61 Å². The number of para-hydroxylation sites is 1. The minimum absolute atomic E-state index is 0.0611. The van der Waals surface area contributed by atoms with Crippen molar-refractivity contribution in [3.8, 4) is 16.9 Å². The Morgan fingerprint density at radius 1 is 0.600 bits per heavy atom. The number of phenols is 1. The Hall–Kier alpha value is -3.10. The highest BCUT2D eigenvalue weighted by Crippen LogP contribution is 2.30. The van der Waals surface area contributed by atoms with Crippen LogP contribution < -0.4 is 0 Å². The molecule has 124 valence electrons. The summed E-state index contributed by atoms with van der Waals surface area (Å²) in [5.74, 6) is 0.322. The molecule has 0 radical (unpaired) electrons. The van der Waals surface area contributed by atoms with E-state index < -0.39 is 0 Å². The molecule has 0 amide bonds. The van der Waals surface area contributed by atoms with E-state index in [0.29, 0.717) is 5.75 Å². The van der Waals surface area contributed by atoms with Crippen molar-refractivity contribution in [1.82, 2.24) is 0 Å². The van der Waals surface area contributed by atoms with E-state index in [4.69, 9.17) is 5.11 Å². The number of aromatic hydroxyl groups is 1. The summed E-state index contributed by atoms with van der Waals surface area (Å²) >= 11 is 0. The molecule has 25 heavy (non-hydrogen) atoms. The average Bonchev–Trinajstić information content (AvgIpc) is 2.69. The van der Waals surface area contributed by atoms with E-state index in [1.807, 2.05) is 36.4 Å². The van der Waals surface area contributed by atoms with Crippen LogP contribution in [0, 0.1) is 0 Å². The molecule has 0 heterocycles. The lowest BCUT2D eigenvalue weighted by Gasteiger charge is -2.11. The van der Waals surface area contributed by atoms with E-state index in [0.717, 1.165) is 22.1 Å². The summed E-state index contributed by atoms with van der Waals surface area (Å²) in [5.41, 5.74) is 3.25. The van der Waals surface area contributed by atoms with Crippen LogP contribution in [0.4, 0.5) is 0 Å². The summed E-state index contributed by atoms with van der Waals surface area (Å²) in [6.07, 6.45) is 0.